The Morgan fingerprint density at radius 3 is 1.73 bits per heavy atom. The maximum atomic E-state index is 9.14. The Hall–Kier alpha value is -8.02. The number of nitrogens with zero attached hydrogens (tertiary/aromatic N) is 4. The summed E-state index contributed by atoms with van der Waals surface area (Å²) in [5, 5.41) is 12.2. The molecule has 0 amide bonds. The Bertz CT molecular complexity index is 3890. The molecule has 0 bridgehead atoms. The summed E-state index contributed by atoms with van der Waals surface area (Å²) in [5.74, 6) is 2.05. The molecule has 0 fully saturated rings. The van der Waals surface area contributed by atoms with Crippen LogP contribution in [0.2, 0.25) is 0 Å². The smallest absolute Gasteiger partial charge is 0.245 e. The van der Waals surface area contributed by atoms with E-state index in [1.54, 1.807) is 6.20 Å². The third-order valence-corrected chi connectivity index (χ3v) is 11.8. The van der Waals surface area contributed by atoms with Crippen molar-refractivity contribution in [1.82, 2.24) is 14.1 Å². The van der Waals surface area contributed by atoms with Crippen LogP contribution in [0.15, 0.2) is 200 Å². The maximum absolute atomic E-state index is 9.14. The van der Waals surface area contributed by atoms with Gasteiger partial charge >= 0.3 is 0 Å². The number of hydrogen-bond donors (Lipinski definition) is 0. The van der Waals surface area contributed by atoms with Crippen LogP contribution >= 0.6 is 0 Å². The number of ether oxygens (including phenoxy) is 1. The highest BCUT2D eigenvalue weighted by atomic mass is 16.5. The van der Waals surface area contributed by atoms with Crippen molar-refractivity contribution >= 4 is 86.7 Å². The summed E-state index contributed by atoms with van der Waals surface area (Å²) >= 11 is 0. The van der Waals surface area contributed by atoms with Gasteiger partial charge in [-0.05, 0) is 96.3 Å². The highest BCUT2D eigenvalue weighted by Crippen LogP contribution is 2.40. The fourth-order valence-corrected chi connectivity index (χ4v) is 9.26. The second-order valence-electron chi connectivity index (χ2n) is 15.1. The lowest BCUT2D eigenvalue weighted by Crippen LogP contribution is -2.30. The lowest BCUT2D eigenvalue weighted by atomic mass is 9.92. The largest absolute Gasteiger partial charge is 0.458 e. The number of para-hydroxylation sites is 2. The summed E-state index contributed by atoms with van der Waals surface area (Å²) in [4.78, 5) is 4.70. The van der Waals surface area contributed by atoms with Crippen molar-refractivity contribution in [2.75, 3.05) is 0 Å². The molecule has 0 unspecified atom stereocenters. The highest BCUT2D eigenvalue weighted by Gasteiger charge is 2.16. The molecule has 9 aromatic carbocycles. The maximum Gasteiger partial charge on any atom is 0.245 e. The van der Waals surface area contributed by atoms with Crippen LogP contribution in [0.1, 0.15) is 4.11 Å². The van der Waals surface area contributed by atoms with E-state index < -0.39 is 6.98 Å². The lowest BCUT2D eigenvalue weighted by Gasteiger charge is -2.13. The molecule has 12 rings (SSSR count). The molecule has 0 aliphatic heterocycles. The van der Waals surface area contributed by atoms with Gasteiger partial charge in [0, 0.05) is 23.0 Å². The number of fused-ring (bicyclic) bond motifs is 10. The molecule has 5 heteroatoms. The third kappa shape index (κ3) is 5.26. The molecule has 12 aromatic rings. The Balaban J connectivity index is 1.16. The number of aryl methyl sites for hydroxylation is 1. The van der Waals surface area contributed by atoms with Gasteiger partial charge in [-0.2, -0.15) is 0 Å². The molecular weight excluding hydrogens is 733 g/mol. The number of rotatable bonds is 4. The second kappa shape index (κ2) is 13.5. The van der Waals surface area contributed by atoms with E-state index in [-0.39, 0.29) is 0 Å². The molecule has 0 atom stereocenters. The Labute approximate surface area is 349 Å². The first kappa shape index (κ1) is 31.0. The first-order valence-corrected chi connectivity index (χ1v) is 20.0. The summed E-state index contributed by atoms with van der Waals surface area (Å²) in [6.07, 6.45) is 5.25. The average Bonchev–Trinajstić information content (AvgIpc) is 3.66. The van der Waals surface area contributed by atoms with E-state index in [0.29, 0.717) is 22.7 Å². The zero-order chi connectivity index (χ0) is 42.2. The van der Waals surface area contributed by atoms with E-state index in [0.717, 1.165) is 87.0 Å². The van der Waals surface area contributed by atoms with Gasteiger partial charge in [-0.15, -0.1) is 0 Å². The molecule has 0 saturated carbocycles. The van der Waals surface area contributed by atoms with Crippen molar-refractivity contribution in [1.29, 1.82) is 0 Å². The van der Waals surface area contributed by atoms with Crippen molar-refractivity contribution in [3.8, 4) is 23.0 Å². The van der Waals surface area contributed by atoms with Gasteiger partial charge in [-0.3, -0.25) is 4.57 Å². The van der Waals surface area contributed by atoms with E-state index >= 15 is 0 Å². The van der Waals surface area contributed by atoms with Crippen molar-refractivity contribution in [2.24, 2.45) is 6.98 Å². The molecule has 3 heterocycles. The van der Waals surface area contributed by atoms with Gasteiger partial charge in [0.1, 0.15) is 17.3 Å². The van der Waals surface area contributed by atoms with Crippen molar-refractivity contribution in [3.05, 3.63) is 207 Å². The molecule has 282 valence electrons. The number of aromatic nitrogens is 4. The molecule has 0 aliphatic carbocycles. The van der Waals surface area contributed by atoms with Crippen LogP contribution < -0.4 is 9.30 Å². The molecule has 3 aromatic heterocycles. The Morgan fingerprint density at radius 1 is 0.467 bits per heavy atom. The van der Waals surface area contributed by atoms with Crippen molar-refractivity contribution in [3.63, 3.8) is 0 Å². The van der Waals surface area contributed by atoms with Crippen LogP contribution in [-0.4, -0.2) is 14.1 Å². The molecular formula is C55H36N4O. The van der Waals surface area contributed by atoms with Gasteiger partial charge in [0.25, 0.3) is 0 Å². The quantitative estimate of drug-likeness (QED) is 0.132. The zero-order valence-electron chi connectivity index (χ0n) is 35.2. The van der Waals surface area contributed by atoms with Crippen molar-refractivity contribution in [2.45, 2.75) is 0 Å². The first-order valence-electron chi connectivity index (χ1n) is 21.5. The highest BCUT2D eigenvalue weighted by molar-refractivity contribution is 6.33. The molecule has 0 saturated heterocycles. The summed E-state index contributed by atoms with van der Waals surface area (Å²) in [7, 11) is 0. The SMILES string of the molecule is [2H]C([2H])([2H])[n+]1[c-]n(-c2cccc(Oc3ccc4c5ccccc5n(-c5ccccn5)c4c3)c2)c2ccccc2c2cccc3c4ccccc4c4ccccc4c4cccc1c4c32. The summed E-state index contributed by atoms with van der Waals surface area (Å²) < 4.78 is 39.5. The third-order valence-electron chi connectivity index (χ3n) is 11.8. The monoisotopic (exact) mass is 771 g/mol. The Morgan fingerprint density at radius 2 is 1.02 bits per heavy atom. The average molecular weight is 772 g/mol. The predicted octanol–water partition coefficient (Wildman–Crippen LogP) is 13.4. The molecule has 60 heavy (non-hydrogen) atoms. The van der Waals surface area contributed by atoms with Crippen LogP contribution in [0, 0.1) is 6.33 Å². The van der Waals surface area contributed by atoms with Gasteiger partial charge < -0.3 is 13.9 Å². The van der Waals surface area contributed by atoms with E-state index in [1.807, 2.05) is 95.6 Å². The summed E-state index contributed by atoms with van der Waals surface area (Å²) in [6.45, 7) is -2.63. The number of hydrogen-bond acceptors (Lipinski definition) is 2. The number of pyridine rings is 1. The zero-order valence-corrected chi connectivity index (χ0v) is 32.2. The summed E-state index contributed by atoms with van der Waals surface area (Å²) in [5.41, 5.74) is 3.99. The minimum absolute atomic E-state index is 0.525. The minimum atomic E-state index is -2.63. The lowest BCUT2D eigenvalue weighted by molar-refractivity contribution is -0.652. The van der Waals surface area contributed by atoms with Gasteiger partial charge in [-0.25, -0.2) is 4.98 Å². The fraction of sp³-hybridized carbons (Fsp3) is 0.0182. The Kier molecular flexibility index (Phi) is 7.00. The van der Waals surface area contributed by atoms with Gasteiger partial charge in [0.05, 0.1) is 38.8 Å². The molecule has 5 nitrogen and oxygen atoms in total. The normalized spacial score (nSPS) is 12.7. The van der Waals surface area contributed by atoms with Crippen LogP contribution in [0.25, 0.3) is 98.2 Å². The second-order valence-corrected chi connectivity index (χ2v) is 15.1. The minimum Gasteiger partial charge on any atom is -0.458 e. The van der Waals surface area contributed by atoms with Crippen LogP contribution in [0.3, 0.4) is 0 Å². The van der Waals surface area contributed by atoms with Crippen LogP contribution in [0.4, 0.5) is 0 Å². The van der Waals surface area contributed by atoms with Crippen LogP contribution in [0.5, 0.6) is 11.5 Å². The van der Waals surface area contributed by atoms with E-state index in [2.05, 4.69) is 114 Å². The predicted molar refractivity (Wildman–Crippen MR) is 247 cm³/mol. The first-order chi connectivity index (χ1) is 30.9. The number of benzene rings is 8. The fourth-order valence-electron chi connectivity index (χ4n) is 9.26. The van der Waals surface area contributed by atoms with Crippen molar-refractivity contribution < 1.29 is 13.4 Å². The topological polar surface area (TPSA) is 35.9 Å². The molecule has 0 N–H and O–H groups in total. The van der Waals surface area contributed by atoms with E-state index in [9.17, 15) is 0 Å². The standard InChI is InChI=1S/C55H36N4O/c1-57-35-58(36-15-12-16-37(33-36)60-38-30-31-45-43-21-7-9-27-50(43)59(52(45)34-38)53-29-10-11-32-56-53)49-26-8-6-22-44(49)48-24-13-23-46-41-19-4-2-17-39(41)40-18-3-5-20-42(40)47-25-14-28-51(57)55(47)54(46)48/h2-34H,1H3/i1D3. The van der Waals surface area contributed by atoms with Gasteiger partial charge in [0.2, 0.25) is 6.33 Å². The van der Waals surface area contributed by atoms with Crippen LogP contribution in [-0.2, 0) is 6.98 Å². The molecule has 0 radical (unpaired) electrons. The van der Waals surface area contributed by atoms with E-state index in [1.165, 1.54) is 4.57 Å². The molecule has 0 spiro atoms. The van der Waals surface area contributed by atoms with Gasteiger partial charge in [-0.1, -0.05) is 146 Å². The summed E-state index contributed by atoms with van der Waals surface area (Å²) in [6, 6.07) is 65.6. The van der Waals surface area contributed by atoms with Gasteiger partial charge in [0.15, 0.2) is 0 Å². The van der Waals surface area contributed by atoms with E-state index in [4.69, 9.17) is 13.8 Å². The molecule has 0 aliphatic rings.